The lowest BCUT2D eigenvalue weighted by atomic mass is 10.1. The van der Waals surface area contributed by atoms with E-state index in [1.54, 1.807) is 26.4 Å². The highest BCUT2D eigenvalue weighted by Crippen LogP contribution is 2.22. The Bertz CT molecular complexity index is 352. The second kappa shape index (κ2) is 6.66. The van der Waals surface area contributed by atoms with Gasteiger partial charge in [0.25, 0.3) is 0 Å². The first-order chi connectivity index (χ1) is 7.70. The molecule has 1 rings (SSSR count). The fourth-order valence-electron chi connectivity index (χ4n) is 1.37. The van der Waals surface area contributed by atoms with Gasteiger partial charge in [-0.25, -0.2) is 0 Å². The Labute approximate surface area is 104 Å². The number of ether oxygens (including phenoxy) is 2. The third kappa shape index (κ3) is 3.32. The summed E-state index contributed by atoms with van der Waals surface area (Å²) in [6, 6.07) is 7.21. The Hall–Kier alpha value is -0.870. The van der Waals surface area contributed by atoms with Crippen molar-refractivity contribution in [3.05, 3.63) is 29.8 Å². The first kappa shape index (κ1) is 13.2. The van der Waals surface area contributed by atoms with Gasteiger partial charge in [0.1, 0.15) is 5.75 Å². The van der Waals surface area contributed by atoms with Crippen molar-refractivity contribution in [2.45, 2.75) is 11.2 Å². The van der Waals surface area contributed by atoms with Crippen LogP contribution in [0.2, 0.25) is 0 Å². The van der Waals surface area contributed by atoms with E-state index in [4.69, 9.17) is 9.47 Å². The summed E-state index contributed by atoms with van der Waals surface area (Å²) < 4.78 is 10.1. The highest BCUT2D eigenvalue weighted by atomic mass is 79.9. The quantitative estimate of drug-likeness (QED) is 0.596. The second-order valence-corrected chi connectivity index (χ2v) is 4.42. The van der Waals surface area contributed by atoms with Crippen LogP contribution in [0, 0.1) is 0 Å². The first-order valence-corrected chi connectivity index (χ1v) is 5.92. The van der Waals surface area contributed by atoms with Gasteiger partial charge in [-0.2, -0.15) is 0 Å². The number of hydrogen-bond acceptors (Lipinski definition) is 3. The molecule has 0 spiro atoms. The number of carbonyl (C=O) groups is 1. The molecule has 1 atom stereocenters. The minimum absolute atomic E-state index is 0.0227. The molecule has 0 aromatic heterocycles. The van der Waals surface area contributed by atoms with Gasteiger partial charge >= 0.3 is 0 Å². The molecule has 0 bridgehead atoms. The van der Waals surface area contributed by atoms with E-state index >= 15 is 0 Å². The van der Waals surface area contributed by atoms with Gasteiger partial charge in [0, 0.05) is 13.7 Å². The van der Waals surface area contributed by atoms with Crippen molar-refractivity contribution >= 4 is 21.7 Å². The van der Waals surface area contributed by atoms with Gasteiger partial charge in [-0.15, -0.1) is 0 Å². The molecule has 0 aliphatic rings. The number of Topliss-reactive ketones (excluding diaryl/α,β-unsaturated/α-hetero) is 1. The van der Waals surface area contributed by atoms with Gasteiger partial charge in [-0.1, -0.05) is 28.1 Å². The maximum Gasteiger partial charge on any atom is 0.180 e. The van der Waals surface area contributed by atoms with Crippen LogP contribution in [0.4, 0.5) is 0 Å². The van der Waals surface area contributed by atoms with Crippen molar-refractivity contribution in [1.29, 1.82) is 0 Å². The minimum atomic E-state index is -0.233. The predicted molar refractivity (Wildman–Crippen MR) is 66.5 cm³/mol. The van der Waals surface area contributed by atoms with E-state index in [0.29, 0.717) is 24.3 Å². The van der Waals surface area contributed by atoms with E-state index < -0.39 is 0 Å². The number of rotatable bonds is 6. The Balaban J connectivity index is 2.79. The first-order valence-electron chi connectivity index (χ1n) is 5.01. The SMILES string of the molecule is COCCC(Br)C(=O)c1ccccc1OC. The maximum absolute atomic E-state index is 12.0. The average molecular weight is 287 g/mol. The van der Waals surface area contributed by atoms with Crippen LogP contribution >= 0.6 is 15.9 Å². The van der Waals surface area contributed by atoms with E-state index in [1.165, 1.54) is 0 Å². The normalized spacial score (nSPS) is 12.2. The Morgan fingerprint density at radius 2 is 2.06 bits per heavy atom. The molecule has 1 unspecified atom stereocenters. The molecule has 3 nitrogen and oxygen atoms in total. The van der Waals surface area contributed by atoms with Crippen LogP contribution in [-0.4, -0.2) is 31.4 Å². The number of ketones is 1. The summed E-state index contributed by atoms with van der Waals surface area (Å²) in [5, 5.41) is 0. The van der Waals surface area contributed by atoms with Crippen LogP contribution in [-0.2, 0) is 4.74 Å². The van der Waals surface area contributed by atoms with Crippen molar-refractivity contribution in [3.63, 3.8) is 0 Å². The molecule has 4 heteroatoms. The zero-order valence-corrected chi connectivity index (χ0v) is 11.0. The molecule has 0 saturated heterocycles. The smallest absolute Gasteiger partial charge is 0.180 e. The number of benzene rings is 1. The van der Waals surface area contributed by atoms with Crippen molar-refractivity contribution < 1.29 is 14.3 Å². The summed E-state index contributed by atoms with van der Waals surface area (Å²) in [6.45, 7) is 0.552. The minimum Gasteiger partial charge on any atom is -0.496 e. The lowest BCUT2D eigenvalue weighted by molar-refractivity contribution is 0.0971. The number of halogens is 1. The third-order valence-corrected chi connectivity index (χ3v) is 3.11. The highest BCUT2D eigenvalue weighted by molar-refractivity contribution is 9.10. The molecule has 1 aromatic carbocycles. The third-order valence-electron chi connectivity index (χ3n) is 2.23. The van der Waals surface area contributed by atoms with Gasteiger partial charge in [0.2, 0.25) is 0 Å². The summed E-state index contributed by atoms with van der Waals surface area (Å²) >= 11 is 3.36. The van der Waals surface area contributed by atoms with Crippen LogP contribution in [0.1, 0.15) is 16.8 Å². The molecule has 0 amide bonds. The molecule has 0 heterocycles. The summed E-state index contributed by atoms with van der Waals surface area (Å²) in [4.78, 5) is 11.8. The van der Waals surface area contributed by atoms with Crippen molar-refractivity contribution in [1.82, 2.24) is 0 Å². The Morgan fingerprint density at radius 1 is 1.38 bits per heavy atom. The average Bonchev–Trinajstić information content (AvgIpc) is 2.34. The van der Waals surface area contributed by atoms with Gasteiger partial charge in [-0.3, -0.25) is 4.79 Å². The van der Waals surface area contributed by atoms with E-state index in [-0.39, 0.29) is 10.6 Å². The molecule has 0 radical (unpaired) electrons. The molecule has 0 aliphatic heterocycles. The lowest BCUT2D eigenvalue weighted by Crippen LogP contribution is -2.17. The zero-order chi connectivity index (χ0) is 12.0. The van der Waals surface area contributed by atoms with Crippen LogP contribution in [0.3, 0.4) is 0 Å². The lowest BCUT2D eigenvalue weighted by Gasteiger charge is -2.11. The zero-order valence-electron chi connectivity index (χ0n) is 9.40. The standard InChI is InChI=1S/C12H15BrO3/c1-15-8-7-10(13)12(14)9-5-3-4-6-11(9)16-2/h3-6,10H,7-8H2,1-2H3. The topological polar surface area (TPSA) is 35.5 Å². The second-order valence-electron chi connectivity index (χ2n) is 3.31. The molecule has 0 saturated carbocycles. The summed E-state index contributed by atoms with van der Waals surface area (Å²) in [5.41, 5.74) is 0.600. The highest BCUT2D eigenvalue weighted by Gasteiger charge is 2.19. The van der Waals surface area contributed by atoms with E-state index in [9.17, 15) is 4.79 Å². The van der Waals surface area contributed by atoms with Crippen LogP contribution in [0.15, 0.2) is 24.3 Å². The number of alkyl halides is 1. The largest absolute Gasteiger partial charge is 0.496 e. The van der Waals surface area contributed by atoms with Gasteiger partial charge < -0.3 is 9.47 Å². The summed E-state index contributed by atoms with van der Waals surface area (Å²) in [5.74, 6) is 0.629. The van der Waals surface area contributed by atoms with E-state index in [2.05, 4.69) is 15.9 Å². The number of para-hydroxylation sites is 1. The fraction of sp³-hybridized carbons (Fsp3) is 0.417. The van der Waals surface area contributed by atoms with Crippen molar-refractivity contribution in [2.24, 2.45) is 0 Å². The van der Waals surface area contributed by atoms with Crippen LogP contribution in [0.25, 0.3) is 0 Å². The molecular weight excluding hydrogens is 272 g/mol. The van der Waals surface area contributed by atoms with Gasteiger partial charge in [0.15, 0.2) is 5.78 Å². The summed E-state index contributed by atoms with van der Waals surface area (Å²) in [6.07, 6.45) is 0.646. The fourth-order valence-corrected chi connectivity index (χ4v) is 1.80. The molecule has 0 aliphatic carbocycles. The number of methoxy groups -OCH3 is 2. The Kier molecular flexibility index (Phi) is 5.49. The number of carbonyl (C=O) groups excluding carboxylic acids is 1. The molecule has 88 valence electrons. The Morgan fingerprint density at radius 3 is 2.69 bits per heavy atom. The van der Waals surface area contributed by atoms with E-state index in [0.717, 1.165) is 0 Å². The van der Waals surface area contributed by atoms with E-state index in [1.807, 2.05) is 12.1 Å². The molecule has 0 N–H and O–H groups in total. The number of hydrogen-bond donors (Lipinski definition) is 0. The monoisotopic (exact) mass is 286 g/mol. The molecular formula is C12H15BrO3. The van der Waals surface area contributed by atoms with Gasteiger partial charge in [0.05, 0.1) is 17.5 Å². The molecule has 16 heavy (non-hydrogen) atoms. The maximum atomic E-state index is 12.0. The van der Waals surface area contributed by atoms with Crippen LogP contribution < -0.4 is 4.74 Å². The van der Waals surface area contributed by atoms with Gasteiger partial charge in [-0.05, 0) is 18.6 Å². The molecule has 1 aromatic rings. The van der Waals surface area contributed by atoms with Crippen LogP contribution in [0.5, 0.6) is 5.75 Å². The summed E-state index contributed by atoms with van der Waals surface area (Å²) in [7, 11) is 3.18. The molecule has 0 fully saturated rings. The predicted octanol–water partition coefficient (Wildman–Crippen LogP) is 2.68. The van der Waals surface area contributed by atoms with Crippen molar-refractivity contribution in [2.75, 3.05) is 20.8 Å². The van der Waals surface area contributed by atoms with Crippen molar-refractivity contribution in [3.8, 4) is 5.75 Å².